The van der Waals surface area contributed by atoms with E-state index in [1.807, 2.05) is 24.3 Å². The van der Waals surface area contributed by atoms with Gasteiger partial charge in [-0.3, -0.25) is 10.1 Å². The summed E-state index contributed by atoms with van der Waals surface area (Å²) in [6.07, 6.45) is 5.40. The molecule has 1 aromatic heterocycles. The monoisotopic (exact) mass is 484 g/mol. The second kappa shape index (κ2) is 10.4. The molecule has 1 aliphatic carbocycles. The second-order valence-electron chi connectivity index (χ2n) is 8.32. The lowest BCUT2D eigenvalue weighted by molar-refractivity contribution is 0.102. The van der Waals surface area contributed by atoms with Crippen LogP contribution < -0.4 is 10.1 Å². The molecular weight excluding hydrogens is 456 g/mol. The molecule has 0 atom stereocenters. The molecule has 1 amide bonds. The quantitative estimate of drug-likeness (QED) is 0.516. The van der Waals surface area contributed by atoms with Crippen molar-refractivity contribution in [2.24, 2.45) is 0 Å². The van der Waals surface area contributed by atoms with E-state index in [-0.39, 0.29) is 22.5 Å². The Balaban J connectivity index is 1.38. The van der Waals surface area contributed by atoms with Crippen LogP contribution in [0.4, 0.5) is 6.01 Å². The second-order valence-corrected chi connectivity index (χ2v) is 10.3. The van der Waals surface area contributed by atoms with E-state index < -0.39 is 15.9 Å². The van der Waals surface area contributed by atoms with Crippen molar-refractivity contribution < 1.29 is 22.4 Å². The molecule has 10 heteroatoms. The fourth-order valence-corrected chi connectivity index (χ4v) is 5.46. The highest BCUT2D eigenvalue weighted by atomic mass is 32.2. The Bertz CT molecular complexity index is 1220. The van der Waals surface area contributed by atoms with Gasteiger partial charge in [-0.15, -0.1) is 5.10 Å². The number of aromatic nitrogens is 2. The van der Waals surface area contributed by atoms with Gasteiger partial charge in [0.25, 0.3) is 5.91 Å². The van der Waals surface area contributed by atoms with Gasteiger partial charge in [-0.25, -0.2) is 8.42 Å². The lowest BCUT2D eigenvalue weighted by Gasteiger charge is -2.30. The fraction of sp³-hybridized carbons (Fsp3) is 0.375. The Labute approximate surface area is 199 Å². The molecule has 0 spiro atoms. The Hall–Kier alpha value is -3.24. The molecule has 0 saturated heterocycles. The number of nitrogens with zero attached hydrogens (tertiary/aromatic N) is 3. The van der Waals surface area contributed by atoms with Crippen LogP contribution >= 0.6 is 0 Å². The van der Waals surface area contributed by atoms with E-state index in [1.54, 1.807) is 14.2 Å². The van der Waals surface area contributed by atoms with Gasteiger partial charge < -0.3 is 9.15 Å². The van der Waals surface area contributed by atoms with Crippen molar-refractivity contribution in [3.63, 3.8) is 0 Å². The van der Waals surface area contributed by atoms with E-state index in [2.05, 4.69) is 15.5 Å². The van der Waals surface area contributed by atoms with Crippen molar-refractivity contribution >= 4 is 21.9 Å². The number of rotatable bonds is 8. The highest BCUT2D eigenvalue weighted by Gasteiger charge is 2.29. The van der Waals surface area contributed by atoms with Gasteiger partial charge in [-0.05, 0) is 54.8 Å². The van der Waals surface area contributed by atoms with Crippen LogP contribution in [0.25, 0.3) is 0 Å². The molecule has 2 aromatic carbocycles. The summed E-state index contributed by atoms with van der Waals surface area (Å²) in [7, 11) is -0.386. The predicted molar refractivity (Wildman–Crippen MR) is 126 cm³/mol. The van der Waals surface area contributed by atoms with Crippen LogP contribution in [-0.4, -0.2) is 49.0 Å². The number of nitrogens with one attached hydrogen (secondary N) is 1. The van der Waals surface area contributed by atoms with Gasteiger partial charge in [0.05, 0.1) is 18.4 Å². The first kappa shape index (κ1) is 23.9. The first-order valence-corrected chi connectivity index (χ1v) is 12.7. The van der Waals surface area contributed by atoms with Crippen LogP contribution in [0.15, 0.2) is 57.8 Å². The van der Waals surface area contributed by atoms with E-state index in [0.717, 1.165) is 43.4 Å². The first-order valence-electron chi connectivity index (χ1n) is 11.2. The van der Waals surface area contributed by atoms with Gasteiger partial charge in [0.1, 0.15) is 5.75 Å². The molecule has 0 radical (unpaired) electrons. The summed E-state index contributed by atoms with van der Waals surface area (Å²) in [5.74, 6) is 0.638. The van der Waals surface area contributed by atoms with Crippen molar-refractivity contribution in [2.75, 3.05) is 19.5 Å². The predicted octanol–water partition coefficient (Wildman–Crippen LogP) is 3.87. The topological polar surface area (TPSA) is 115 Å². The molecule has 1 N–H and O–H groups in total. The zero-order chi connectivity index (χ0) is 24.1. The minimum absolute atomic E-state index is 0.0198. The molecule has 34 heavy (non-hydrogen) atoms. The van der Waals surface area contributed by atoms with Crippen molar-refractivity contribution in [1.29, 1.82) is 0 Å². The zero-order valence-corrected chi connectivity index (χ0v) is 20.0. The highest BCUT2D eigenvalue weighted by Crippen LogP contribution is 2.26. The van der Waals surface area contributed by atoms with Gasteiger partial charge in [0, 0.05) is 18.7 Å². The van der Waals surface area contributed by atoms with E-state index >= 15 is 0 Å². The van der Waals surface area contributed by atoms with Crippen LogP contribution in [0.2, 0.25) is 0 Å². The maximum Gasteiger partial charge on any atom is 0.322 e. The summed E-state index contributed by atoms with van der Waals surface area (Å²) in [4.78, 5) is 12.7. The molecule has 0 bridgehead atoms. The number of amides is 1. The molecule has 9 nitrogen and oxygen atoms in total. The summed E-state index contributed by atoms with van der Waals surface area (Å²) in [6, 6.07) is 13.3. The number of hydrogen-bond donors (Lipinski definition) is 1. The molecule has 1 aliphatic rings. The largest absolute Gasteiger partial charge is 0.497 e. The SMILES string of the molecule is COc1ccc(Cc2nnc(NC(=O)c3ccc(S(=O)(=O)N(C)C4CCCCC4)cc3)o2)cc1. The maximum absolute atomic E-state index is 13.0. The molecule has 4 rings (SSSR count). The minimum atomic E-state index is -3.62. The summed E-state index contributed by atoms with van der Waals surface area (Å²) in [6.45, 7) is 0. The van der Waals surface area contributed by atoms with Crippen molar-refractivity contribution in [2.45, 2.75) is 49.5 Å². The third kappa shape index (κ3) is 5.45. The lowest BCUT2D eigenvalue weighted by atomic mass is 9.96. The zero-order valence-electron chi connectivity index (χ0n) is 19.2. The van der Waals surface area contributed by atoms with Gasteiger partial charge in [-0.2, -0.15) is 4.31 Å². The van der Waals surface area contributed by atoms with E-state index in [0.29, 0.717) is 12.3 Å². The Morgan fingerprint density at radius 1 is 1.06 bits per heavy atom. The highest BCUT2D eigenvalue weighted by molar-refractivity contribution is 7.89. The van der Waals surface area contributed by atoms with Gasteiger partial charge in [-0.1, -0.05) is 36.5 Å². The number of sulfonamides is 1. The number of benzene rings is 2. The number of ether oxygens (including phenoxy) is 1. The molecule has 3 aromatic rings. The fourth-order valence-electron chi connectivity index (χ4n) is 4.05. The normalized spacial score (nSPS) is 14.8. The third-order valence-electron chi connectivity index (χ3n) is 6.08. The molecule has 1 heterocycles. The average Bonchev–Trinajstić information content (AvgIpc) is 3.31. The van der Waals surface area contributed by atoms with Crippen LogP contribution in [0, 0.1) is 0 Å². The Morgan fingerprint density at radius 2 is 1.74 bits per heavy atom. The van der Waals surface area contributed by atoms with Crippen LogP contribution in [-0.2, 0) is 16.4 Å². The Kier molecular flexibility index (Phi) is 7.28. The minimum Gasteiger partial charge on any atom is -0.497 e. The standard InChI is InChI=1S/C24H28N4O5S/c1-28(19-6-4-3-5-7-19)34(30,31)21-14-10-18(11-15-21)23(29)25-24-27-26-22(33-24)16-17-8-12-20(32-2)13-9-17/h8-15,19H,3-7,16H2,1-2H3,(H,25,27,29). The average molecular weight is 485 g/mol. The summed E-state index contributed by atoms with van der Waals surface area (Å²) in [5.41, 5.74) is 1.24. The van der Waals surface area contributed by atoms with Crippen LogP contribution in [0.3, 0.4) is 0 Å². The summed E-state index contributed by atoms with van der Waals surface area (Å²) >= 11 is 0. The van der Waals surface area contributed by atoms with Gasteiger partial charge in [0.15, 0.2) is 0 Å². The number of methoxy groups -OCH3 is 1. The third-order valence-corrected chi connectivity index (χ3v) is 8.01. The summed E-state index contributed by atoms with van der Waals surface area (Å²) < 4.78 is 38.1. The smallest absolute Gasteiger partial charge is 0.322 e. The molecule has 1 fully saturated rings. The number of hydrogen-bond acceptors (Lipinski definition) is 7. The van der Waals surface area contributed by atoms with E-state index in [9.17, 15) is 13.2 Å². The van der Waals surface area contributed by atoms with Crippen molar-refractivity contribution in [3.8, 4) is 5.75 Å². The van der Waals surface area contributed by atoms with Gasteiger partial charge in [0.2, 0.25) is 15.9 Å². The van der Waals surface area contributed by atoms with Crippen molar-refractivity contribution in [1.82, 2.24) is 14.5 Å². The number of carbonyl (C=O) groups is 1. The molecule has 0 unspecified atom stereocenters. The van der Waals surface area contributed by atoms with E-state index in [1.165, 1.54) is 28.6 Å². The van der Waals surface area contributed by atoms with Crippen LogP contribution in [0.1, 0.15) is 53.9 Å². The molecule has 180 valence electrons. The first-order chi connectivity index (χ1) is 16.4. The van der Waals surface area contributed by atoms with Crippen LogP contribution in [0.5, 0.6) is 5.75 Å². The lowest BCUT2D eigenvalue weighted by Crippen LogP contribution is -2.38. The maximum atomic E-state index is 13.0. The summed E-state index contributed by atoms with van der Waals surface area (Å²) in [5, 5.41) is 10.4. The molecular formula is C24H28N4O5S. The Morgan fingerprint density at radius 3 is 2.38 bits per heavy atom. The number of carbonyl (C=O) groups excluding carboxylic acids is 1. The molecule has 1 saturated carbocycles. The van der Waals surface area contributed by atoms with Gasteiger partial charge >= 0.3 is 6.01 Å². The number of anilines is 1. The molecule has 0 aliphatic heterocycles. The van der Waals surface area contributed by atoms with Crippen molar-refractivity contribution in [3.05, 3.63) is 65.5 Å². The van der Waals surface area contributed by atoms with E-state index in [4.69, 9.17) is 9.15 Å².